The second kappa shape index (κ2) is 10.2. The molecule has 34 heavy (non-hydrogen) atoms. The van der Waals surface area contributed by atoms with Crippen LogP contribution in [-0.2, 0) is 22.6 Å². The van der Waals surface area contributed by atoms with Crippen molar-refractivity contribution >= 4 is 33.3 Å². The van der Waals surface area contributed by atoms with Crippen LogP contribution in [0.1, 0.15) is 28.4 Å². The second-order valence-corrected chi connectivity index (χ2v) is 10.1. The van der Waals surface area contributed by atoms with Crippen LogP contribution in [0, 0.1) is 0 Å². The number of aryl methyl sites for hydroxylation is 1. The van der Waals surface area contributed by atoms with E-state index in [2.05, 4.69) is 10.3 Å². The average Bonchev–Trinajstić information content (AvgIpc) is 2.80. The Balaban J connectivity index is 2.30. The van der Waals surface area contributed by atoms with Crippen molar-refractivity contribution in [3.05, 3.63) is 81.0 Å². The molecule has 0 radical (unpaired) electrons. The van der Waals surface area contributed by atoms with Gasteiger partial charge in [0.05, 0.1) is 10.8 Å². The van der Waals surface area contributed by atoms with Gasteiger partial charge in [-0.15, -0.1) is 0 Å². The highest BCUT2D eigenvalue weighted by Gasteiger charge is 2.23. The highest BCUT2D eigenvalue weighted by Crippen LogP contribution is 2.34. The maximum Gasteiger partial charge on any atom is 0.412 e. The maximum absolute atomic E-state index is 13.4. The van der Waals surface area contributed by atoms with E-state index in [-0.39, 0.29) is 44.5 Å². The first-order valence-electron chi connectivity index (χ1n) is 10.1. The predicted molar refractivity (Wildman–Crippen MR) is 128 cm³/mol. The smallest absolute Gasteiger partial charge is 0.409 e. The molecule has 0 unspecified atom stereocenters. The minimum atomic E-state index is -3.38. The quantitative estimate of drug-likeness (QED) is 0.491. The van der Waals surface area contributed by atoms with E-state index in [1.165, 1.54) is 55.5 Å². The Morgan fingerprint density at radius 2 is 1.88 bits per heavy atom. The van der Waals surface area contributed by atoms with Crippen molar-refractivity contribution in [1.29, 1.82) is 0 Å². The molecule has 0 saturated carbocycles. The molecule has 1 aromatic carbocycles. The van der Waals surface area contributed by atoms with Crippen molar-refractivity contribution in [3.63, 3.8) is 0 Å². The molecule has 1 amide bonds. The summed E-state index contributed by atoms with van der Waals surface area (Å²) in [4.78, 5) is 41.5. The van der Waals surface area contributed by atoms with Crippen LogP contribution in [-0.4, -0.2) is 42.6 Å². The number of amides is 1. The predicted octanol–water partition coefficient (Wildman–Crippen LogP) is 2.98. The summed E-state index contributed by atoms with van der Waals surface area (Å²) >= 11 is 6.18. The molecule has 0 aliphatic carbocycles. The third-order valence-corrected chi connectivity index (χ3v) is 7.01. The number of ether oxygens (including phenoxy) is 1. The first-order valence-corrected chi connectivity index (χ1v) is 12.3. The maximum atomic E-state index is 13.4. The number of carbonyl (C=O) groups is 2. The van der Waals surface area contributed by atoms with E-state index in [1.807, 2.05) is 0 Å². The van der Waals surface area contributed by atoms with E-state index in [0.717, 1.165) is 6.07 Å². The number of carbonyl (C=O) groups excluding carboxylic acids is 2. The molecule has 0 saturated heterocycles. The summed E-state index contributed by atoms with van der Waals surface area (Å²) in [5, 5.41) is 2.44. The van der Waals surface area contributed by atoms with Crippen LogP contribution in [0.15, 0.2) is 53.7 Å². The summed E-state index contributed by atoms with van der Waals surface area (Å²) in [5.41, 5.74) is 0.856. The van der Waals surface area contributed by atoms with Gasteiger partial charge in [0.15, 0.2) is 15.6 Å². The molecule has 2 heterocycles. The van der Waals surface area contributed by atoms with Crippen molar-refractivity contribution in [2.24, 2.45) is 7.05 Å². The summed E-state index contributed by atoms with van der Waals surface area (Å²) in [7, 11) is -0.513. The third kappa shape index (κ3) is 5.52. The van der Waals surface area contributed by atoms with Crippen molar-refractivity contribution in [3.8, 4) is 16.9 Å². The SMILES string of the molecule is CCS(=O)(=O)Cc1ccc(C(=O)c2ccncc2Cl)c(-c2cn(C)c(=O)cc2OC(=O)NC)c1. The van der Waals surface area contributed by atoms with E-state index >= 15 is 0 Å². The van der Waals surface area contributed by atoms with Crippen LogP contribution >= 0.6 is 11.6 Å². The molecule has 2 aromatic heterocycles. The fourth-order valence-electron chi connectivity index (χ4n) is 3.21. The van der Waals surface area contributed by atoms with Gasteiger partial charge in [0, 0.05) is 61.2 Å². The highest BCUT2D eigenvalue weighted by atomic mass is 35.5. The summed E-state index contributed by atoms with van der Waals surface area (Å²) in [6.45, 7) is 1.54. The Hall–Kier alpha value is -3.50. The molecule has 0 aliphatic heterocycles. The average molecular weight is 504 g/mol. The zero-order valence-electron chi connectivity index (χ0n) is 18.7. The molecule has 11 heteroatoms. The Morgan fingerprint density at radius 3 is 2.53 bits per heavy atom. The largest absolute Gasteiger partial charge is 0.412 e. The number of hydrogen-bond donors (Lipinski definition) is 1. The van der Waals surface area contributed by atoms with E-state index in [9.17, 15) is 22.8 Å². The molecule has 0 aliphatic rings. The van der Waals surface area contributed by atoms with E-state index in [4.69, 9.17) is 16.3 Å². The molecule has 0 atom stereocenters. The van der Waals surface area contributed by atoms with E-state index < -0.39 is 27.3 Å². The normalized spacial score (nSPS) is 11.2. The number of ketones is 1. The number of pyridine rings is 2. The Labute approximate surface area is 201 Å². The van der Waals surface area contributed by atoms with Crippen molar-refractivity contribution in [2.45, 2.75) is 12.7 Å². The number of nitrogens with zero attached hydrogens (tertiary/aromatic N) is 2. The van der Waals surface area contributed by atoms with Gasteiger partial charge in [0.1, 0.15) is 5.75 Å². The fourth-order valence-corrected chi connectivity index (χ4v) is 4.31. The minimum Gasteiger partial charge on any atom is -0.409 e. The molecule has 3 rings (SSSR count). The van der Waals surface area contributed by atoms with Crippen molar-refractivity contribution in [1.82, 2.24) is 14.9 Å². The standard InChI is InChI=1S/C23H22ClN3O6S/c1-4-34(31,32)13-14-5-6-15(22(29)16-7-8-26-11-19(16)24)17(9-14)18-12-27(3)21(28)10-20(18)33-23(30)25-2/h5-12H,4,13H2,1-3H3,(H,25,30). The first kappa shape index (κ1) is 25.1. The molecule has 178 valence electrons. The number of aromatic nitrogens is 2. The van der Waals surface area contributed by atoms with Gasteiger partial charge >= 0.3 is 6.09 Å². The molecule has 0 fully saturated rings. The van der Waals surface area contributed by atoms with Gasteiger partial charge in [-0.3, -0.25) is 14.6 Å². The second-order valence-electron chi connectivity index (χ2n) is 7.38. The Morgan fingerprint density at radius 1 is 1.15 bits per heavy atom. The third-order valence-electron chi connectivity index (χ3n) is 5.06. The van der Waals surface area contributed by atoms with Gasteiger partial charge in [-0.25, -0.2) is 13.2 Å². The lowest BCUT2D eigenvalue weighted by molar-refractivity contribution is 0.103. The summed E-state index contributed by atoms with van der Waals surface area (Å²) in [5.74, 6) is -0.848. The molecule has 0 spiro atoms. The van der Waals surface area contributed by atoms with Crippen LogP contribution in [0.5, 0.6) is 5.75 Å². The van der Waals surface area contributed by atoms with Gasteiger partial charge in [-0.05, 0) is 23.3 Å². The van der Waals surface area contributed by atoms with Crippen molar-refractivity contribution < 1.29 is 22.7 Å². The number of rotatable bonds is 7. The van der Waals surface area contributed by atoms with Crippen LogP contribution in [0.3, 0.4) is 0 Å². The van der Waals surface area contributed by atoms with Crippen LogP contribution < -0.4 is 15.6 Å². The van der Waals surface area contributed by atoms with Gasteiger partial charge in [0.25, 0.3) is 5.56 Å². The van der Waals surface area contributed by atoms with Crippen LogP contribution in [0.2, 0.25) is 5.02 Å². The molecular weight excluding hydrogens is 482 g/mol. The zero-order valence-corrected chi connectivity index (χ0v) is 20.2. The number of hydrogen-bond acceptors (Lipinski definition) is 7. The van der Waals surface area contributed by atoms with Gasteiger partial charge in [-0.2, -0.15) is 0 Å². The lowest BCUT2D eigenvalue weighted by Crippen LogP contribution is -2.24. The lowest BCUT2D eigenvalue weighted by atomic mass is 9.93. The lowest BCUT2D eigenvalue weighted by Gasteiger charge is -2.16. The topological polar surface area (TPSA) is 124 Å². The van der Waals surface area contributed by atoms with Gasteiger partial charge in [0.2, 0.25) is 0 Å². The summed E-state index contributed by atoms with van der Waals surface area (Å²) in [6, 6.07) is 7.15. The summed E-state index contributed by atoms with van der Waals surface area (Å²) in [6.07, 6.45) is 3.36. The highest BCUT2D eigenvalue weighted by molar-refractivity contribution is 7.90. The van der Waals surface area contributed by atoms with Crippen LogP contribution in [0.4, 0.5) is 4.79 Å². The van der Waals surface area contributed by atoms with Crippen molar-refractivity contribution in [2.75, 3.05) is 12.8 Å². The molecule has 9 nitrogen and oxygen atoms in total. The van der Waals surface area contributed by atoms with Gasteiger partial charge in [-0.1, -0.05) is 30.7 Å². The van der Waals surface area contributed by atoms with E-state index in [1.54, 1.807) is 13.0 Å². The molecule has 3 aromatic rings. The Bertz CT molecular complexity index is 1430. The Kier molecular flexibility index (Phi) is 7.53. The number of nitrogens with one attached hydrogen (secondary N) is 1. The number of sulfone groups is 1. The molecule has 1 N–H and O–H groups in total. The minimum absolute atomic E-state index is 0.0550. The number of benzene rings is 1. The molecular formula is C23H22ClN3O6S. The fraction of sp³-hybridized carbons (Fsp3) is 0.217. The zero-order chi connectivity index (χ0) is 25.0. The van der Waals surface area contributed by atoms with Crippen LogP contribution in [0.25, 0.3) is 11.1 Å². The molecule has 0 bridgehead atoms. The summed E-state index contributed by atoms with van der Waals surface area (Å²) < 4.78 is 31.0. The first-order chi connectivity index (χ1) is 16.1. The van der Waals surface area contributed by atoms with Gasteiger partial charge < -0.3 is 14.6 Å². The van der Waals surface area contributed by atoms with E-state index in [0.29, 0.717) is 5.56 Å². The monoisotopic (exact) mass is 503 g/mol. The number of halogens is 1.